The molecule has 2 aromatic rings. The van der Waals surface area contributed by atoms with E-state index in [-0.39, 0.29) is 6.42 Å². The number of hydrogen-bond acceptors (Lipinski definition) is 5. The Bertz CT molecular complexity index is 509. The van der Waals surface area contributed by atoms with Gasteiger partial charge in [0.25, 0.3) is 0 Å². The summed E-state index contributed by atoms with van der Waals surface area (Å²) in [6.45, 7) is 0.728. The zero-order valence-corrected chi connectivity index (χ0v) is 10.5. The number of nitrogens with zero attached hydrogens (tertiary/aromatic N) is 3. The van der Waals surface area contributed by atoms with Gasteiger partial charge in [-0.15, -0.1) is 5.10 Å². The Morgan fingerprint density at radius 3 is 3.11 bits per heavy atom. The zero-order valence-electron chi connectivity index (χ0n) is 9.69. The quantitative estimate of drug-likeness (QED) is 0.795. The number of rotatable bonds is 6. The van der Waals surface area contributed by atoms with Gasteiger partial charge >= 0.3 is 5.97 Å². The van der Waals surface area contributed by atoms with Crippen LogP contribution in [0.5, 0.6) is 0 Å². The van der Waals surface area contributed by atoms with Crippen LogP contribution in [0.25, 0.3) is 0 Å². The van der Waals surface area contributed by atoms with E-state index in [0.717, 1.165) is 13.0 Å². The molecule has 0 aliphatic carbocycles. The summed E-state index contributed by atoms with van der Waals surface area (Å²) in [7, 11) is 0. The van der Waals surface area contributed by atoms with Crippen LogP contribution in [0.15, 0.2) is 23.0 Å². The maximum absolute atomic E-state index is 10.6. The highest BCUT2D eigenvalue weighted by molar-refractivity contribution is 7.07. The van der Waals surface area contributed by atoms with Crippen LogP contribution in [0.2, 0.25) is 0 Å². The van der Waals surface area contributed by atoms with Crippen molar-refractivity contribution in [2.24, 2.45) is 5.73 Å². The van der Waals surface area contributed by atoms with Gasteiger partial charge in [-0.25, -0.2) is 0 Å². The van der Waals surface area contributed by atoms with Gasteiger partial charge in [-0.3, -0.25) is 9.48 Å². The van der Waals surface area contributed by atoms with Gasteiger partial charge < -0.3 is 10.8 Å². The Morgan fingerprint density at radius 2 is 2.44 bits per heavy atom. The van der Waals surface area contributed by atoms with Crippen LogP contribution >= 0.6 is 11.3 Å². The molecular weight excluding hydrogens is 252 g/mol. The first-order valence-electron chi connectivity index (χ1n) is 5.53. The van der Waals surface area contributed by atoms with E-state index < -0.39 is 12.0 Å². The number of aliphatic carboxylic acids is 1. The van der Waals surface area contributed by atoms with Crippen LogP contribution < -0.4 is 5.73 Å². The van der Waals surface area contributed by atoms with Crippen molar-refractivity contribution >= 4 is 17.3 Å². The molecule has 0 bridgehead atoms. The van der Waals surface area contributed by atoms with E-state index in [1.807, 2.05) is 5.38 Å². The maximum Gasteiger partial charge on any atom is 0.320 e. The molecule has 18 heavy (non-hydrogen) atoms. The van der Waals surface area contributed by atoms with E-state index in [1.54, 1.807) is 22.2 Å². The highest BCUT2D eigenvalue weighted by Crippen LogP contribution is 2.07. The van der Waals surface area contributed by atoms with Gasteiger partial charge in [0, 0.05) is 19.2 Å². The minimum atomic E-state index is -1.03. The van der Waals surface area contributed by atoms with E-state index >= 15 is 0 Å². The van der Waals surface area contributed by atoms with Gasteiger partial charge in [0.2, 0.25) is 0 Å². The van der Waals surface area contributed by atoms with Gasteiger partial charge in [-0.2, -0.15) is 11.3 Å². The van der Waals surface area contributed by atoms with Crippen LogP contribution in [-0.2, 0) is 24.2 Å². The summed E-state index contributed by atoms with van der Waals surface area (Å²) < 4.78 is 1.71. The number of aryl methyl sites for hydroxylation is 2. The molecule has 0 spiro atoms. The van der Waals surface area contributed by atoms with Crippen molar-refractivity contribution in [3.63, 3.8) is 0 Å². The number of nitrogens with two attached hydrogens (primary N) is 1. The fraction of sp³-hybridized carbons (Fsp3) is 0.364. The Labute approximate surface area is 108 Å². The topological polar surface area (TPSA) is 94.0 Å². The summed E-state index contributed by atoms with van der Waals surface area (Å²) in [6, 6.07) is 1.15. The highest BCUT2D eigenvalue weighted by Gasteiger charge is 2.14. The predicted molar refractivity (Wildman–Crippen MR) is 67.4 cm³/mol. The van der Waals surface area contributed by atoms with Crippen molar-refractivity contribution in [1.29, 1.82) is 0 Å². The van der Waals surface area contributed by atoms with Crippen LogP contribution in [0.1, 0.15) is 11.3 Å². The molecule has 1 unspecified atom stereocenters. The monoisotopic (exact) mass is 266 g/mol. The van der Waals surface area contributed by atoms with E-state index in [0.29, 0.717) is 5.69 Å². The number of aromatic nitrogens is 3. The average molecular weight is 266 g/mol. The summed E-state index contributed by atoms with van der Waals surface area (Å²) in [4.78, 5) is 10.6. The number of carboxylic acid groups (broad SMARTS) is 1. The molecule has 3 N–H and O–H groups in total. The molecule has 0 radical (unpaired) electrons. The summed E-state index contributed by atoms with van der Waals surface area (Å²) in [5, 5.41) is 20.7. The van der Waals surface area contributed by atoms with Gasteiger partial charge in [0.05, 0.1) is 5.69 Å². The Morgan fingerprint density at radius 1 is 1.61 bits per heavy atom. The largest absolute Gasteiger partial charge is 0.480 e. The van der Waals surface area contributed by atoms with Crippen molar-refractivity contribution in [1.82, 2.24) is 15.0 Å². The summed E-state index contributed by atoms with van der Waals surface area (Å²) >= 11 is 1.66. The third kappa shape index (κ3) is 3.38. The molecule has 0 saturated heterocycles. The minimum absolute atomic E-state index is 0.202. The second-order valence-electron chi connectivity index (χ2n) is 4.00. The second kappa shape index (κ2) is 5.74. The lowest BCUT2D eigenvalue weighted by atomic mass is 10.2. The smallest absolute Gasteiger partial charge is 0.320 e. The summed E-state index contributed by atoms with van der Waals surface area (Å²) in [5.41, 5.74) is 7.30. The van der Waals surface area contributed by atoms with Crippen LogP contribution in [0.3, 0.4) is 0 Å². The first kappa shape index (κ1) is 12.7. The van der Waals surface area contributed by atoms with Crippen molar-refractivity contribution in [2.75, 3.05) is 0 Å². The predicted octanol–water partition coefficient (Wildman–Crippen LogP) is 0.537. The van der Waals surface area contributed by atoms with Crippen LogP contribution in [-0.4, -0.2) is 32.1 Å². The van der Waals surface area contributed by atoms with E-state index in [1.165, 1.54) is 5.56 Å². The fourth-order valence-corrected chi connectivity index (χ4v) is 2.24. The second-order valence-corrected chi connectivity index (χ2v) is 4.78. The molecule has 2 aromatic heterocycles. The van der Waals surface area contributed by atoms with E-state index in [4.69, 9.17) is 10.8 Å². The molecule has 0 aliphatic heterocycles. The first-order chi connectivity index (χ1) is 8.65. The normalized spacial score (nSPS) is 12.5. The number of carbonyl (C=O) groups is 1. The lowest BCUT2D eigenvalue weighted by Gasteiger charge is -2.01. The molecule has 0 aromatic carbocycles. The average Bonchev–Trinajstić information content (AvgIpc) is 2.96. The Balaban J connectivity index is 1.88. The zero-order chi connectivity index (χ0) is 13.0. The van der Waals surface area contributed by atoms with E-state index in [2.05, 4.69) is 21.8 Å². The van der Waals surface area contributed by atoms with Crippen molar-refractivity contribution < 1.29 is 9.90 Å². The van der Waals surface area contributed by atoms with Crippen molar-refractivity contribution in [3.05, 3.63) is 34.3 Å². The van der Waals surface area contributed by atoms with Gasteiger partial charge in [0.15, 0.2) is 0 Å². The standard InChI is InChI=1S/C11H14N4O2S/c12-10(11(16)17)5-9-6-15(14-13-9)3-1-8-2-4-18-7-8/h2,4,6-7,10H,1,3,5,12H2,(H,16,17). The van der Waals surface area contributed by atoms with Gasteiger partial charge in [-0.1, -0.05) is 5.21 Å². The highest BCUT2D eigenvalue weighted by atomic mass is 32.1. The third-order valence-corrected chi connectivity index (χ3v) is 3.27. The SMILES string of the molecule is NC(Cc1cn(CCc2ccsc2)nn1)C(=O)O. The minimum Gasteiger partial charge on any atom is -0.480 e. The third-order valence-electron chi connectivity index (χ3n) is 2.54. The van der Waals surface area contributed by atoms with E-state index in [9.17, 15) is 4.79 Å². The number of hydrogen-bond donors (Lipinski definition) is 2. The molecule has 0 saturated carbocycles. The molecule has 96 valence electrons. The molecule has 6 nitrogen and oxygen atoms in total. The lowest BCUT2D eigenvalue weighted by Crippen LogP contribution is -2.32. The molecule has 7 heteroatoms. The Hall–Kier alpha value is -1.73. The number of carboxylic acids is 1. The molecular formula is C11H14N4O2S. The summed E-state index contributed by atoms with van der Waals surface area (Å²) in [5.74, 6) is -1.03. The van der Waals surface area contributed by atoms with Crippen molar-refractivity contribution in [2.45, 2.75) is 25.4 Å². The van der Waals surface area contributed by atoms with Gasteiger partial charge in [0.1, 0.15) is 6.04 Å². The molecule has 0 aliphatic rings. The Kier molecular flexibility index (Phi) is 4.06. The van der Waals surface area contributed by atoms with Crippen LogP contribution in [0, 0.1) is 0 Å². The van der Waals surface area contributed by atoms with Gasteiger partial charge in [-0.05, 0) is 28.8 Å². The number of thiophene rings is 1. The molecule has 2 rings (SSSR count). The first-order valence-corrected chi connectivity index (χ1v) is 6.48. The van der Waals surface area contributed by atoms with Crippen molar-refractivity contribution in [3.8, 4) is 0 Å². The fourth-order valence-electron chi connectivity index (χ4n) is 1.53. The molecule has 1 atom stereocenters. The lowest BCUT2D eigenvalue weighted by molar-refractivity contribution is -0.138. The molecule has 0 fully saturated rings. The summed E-state index contributed by atoms with van der Waals surface area (Å²) in [6.07, 6.45) is 2.83. The molecule has 2 heterocycles. The van der Waals surface area contributed by atoms with Crippen LogP contribution in [0.4, 0.5) is 0 Å². The molecule has 0 amide bonds. The maximum atomic E-state index is 10.6.